The van der Waals surface area contributed by atoms with Gasteiger partial charge in [-0.25, -0.2) is 0 Å². The van der Waals surface area contributed by atoms with Crippen molar-refractivity contribution in [3.63, 3.8) is 0 Å². The zero-order chi connectivity index (χ0) is 17.6. The van der Waals surface area contributed by atoms with Crippen LogP contribution in [0.4, 0.5) is 11.4 Å². The molecule has 0 bridgehead atoms. The molecule has 5 nitrogen and oxygen atoms in total. The van der Waals surface area contributed by atoms with Crippen LogP contribution in [0.1, 0.15) is 23.2 Å². The molecule has 1 aromatic heterocycles. The van der Waals surface area contributed by atoms with E-state index in [1.807, 2.05) is 55.5 Å². The lowest BCUT2D eigenvalue weighted by molar-refractivity contribution is 0.0945. The maximum absolute atomic E-state index is 12.4. The van der Waals surface area contributed by atoms with Gasteiger partial charge in [-0.3, -0.25) is 9.78 Å². The van der Waals surface area contributed by atoms with Crippen LogP contribution in [-0.4, -0.2) is 44.6 Å². The van der Waals surface area contributed by atoms with Gasteiger partial charge >= 0.3 is 0 Å². The van der Waals surface area contributed by atoms with Crippen molar-refractivity contribution in [3.05, 3.63) is 54.4 Å². The van der Waals surface area contributed by atoms with Crippen LogP contribution >= 0.6 is 0 Å². The number of amides is 1. The zero-order valence-corrected chi connectivity index (χ0v) is 15.0. The Kier molecular flexibility index (Phi) is 5.53. The highest BCUT2D eigenvalue weighted by atomic mass is 16.1. The van der Waals surface area contributed by atoms with E-state index in [0.717, 1.165) is 43.7 Å². The van der Waals surface area contributed by atoms with Crippen LogP contribution in [0.3, 0.4) is 0 Å². The predicted molar refractivity (Wildman–Crippen MR) is 102 cm³/mol. The van der Waals surface area contributed by atoms with Gasteiger partial charge in [0.1, 0.15) is 0 Å². The van der Waals surface area contributed by atoms with Gasteiger partial charge in [0.2, 0.25) is 0 Å². The van der Waals surface area contributed by atoms with E-state index in [1.54, 1.807) is 6.20 Å². The van der Waals surface area contributed by atoms with Gasteiger partial charge in [-0.1, -0.05) is 6.07 Å². The molecule has 5 heteroatoms. The minimum absolute atomic E-state index is 0.0124. The standard InChI is InChI=1S/C20H26N4O/c1-23(2)18-6-3-5-17(13-18)20(25)22-14-16-8-11-24(12-9-16)19-7-4-10-21-15-19/h3-7,10,13,15-16H,8-9,11-12,14H2,1-2H3,(H,22,25). The molecule has 0 radical (unpaired) electrons. The van der Waals surface area contributed by atoms with Crippen molar-refractivity contribution in [1.82, 2.24) is 10.3 Å². The molecule has 0 spiro atoms. The van der Waals surface area contributed by atoms with Crippen LogP contribution in [0.25, 0.3) is 0 Å². The third kappa shape index (κ3) is 4.50. The Morgan fingerprint density at radius 2 is 2.04 bits per heavy atom. The van der Waals surface area contributed by atoms with E-state index in [0.29, 0.717) is 5.92 Å². The predicted octanol–water partition coefficient (Wildman–Crippen LogP) is 2.79. The summed E-state index contributed by atoms with van der Waals surface area (Å²) in [5.74, 6) is 0.548. The number of hydrogen-bond acceptors (Lipinski definition) is 4. The number of nitrogens with zero attached hydrogens (tertiary/aromatic N) is 3. The van der Waals surface area contributed by atoms with Crippen LogP contribution in [0.15, 0.2) is 48.8 Å². The second-order valence-corrected chi connectivity index (χ2v) is 6.80. The minimum atomic E-state index is 0.0124. The molecule has 2 aromatic rings. The monoisotopic (exact) mass is 338 g/mol. The number of rotatable bonds is 5. The topological polar surface area (TPSA) is 48.5 Å². The van der Waals surface area contributed by atoms with Crippen LogP contribution in [0.2, 0.25) is 0 Å². The molecule has 1 aromatic carbocycles. The maximum Gasteiger partial charge on any atom is 0.251 e. The van der Waals surface area contributed by atoms with E-state index in [2.05, 4.69) is 21.3 Å². The van der Waals surface area contributed by atoms with Crippen molar-refractivity contribution in [1.29, 1.82) is 0 Å². The number of pyridine rings is 1. The van der Waals surface area contributed by atoms with Crippen molar-refractivity contribution < 1.29 is 4.79 Å². The summed E-state index contributed by atoms with van der Waals surface area (Å²) in [5.41, 5.74) is 2.95. The van der Waals surface area contributed by atoms with Crippen LogP contribution in [0.5, 0.6) is 0 Å². The van der Waals surface area contributed by atoms with Gasteiger partial charge in [0.05, 0.1) is 11.9 Å². The van der Waals surface area contributed by atoms with Crippen molar-refractivity contribution in [3.8, 4) is 0 Å². The largest absolute Gasteiger partial charge is 0.378 e. The molecule has 1 N–H and O–H groups in total. The summed E-state index contributed by atoms with van der Waals surface area (Å²) in [5, 5.41) is 3.10. The number of benzene rings is 1. The minimum Gasteiger partial charge on any atom is -0.378 e. The molecule has 25 heavy (non-hydrogen) atoms. The number of nitrogens with one attached hydrogen (secondary N) is 1. The van der Waals surface area contributed by atoms with E-state index in [1.165, 1.54) is 5.69 Å². The summed E-state index contributed by atoms with van der Waals surface area (Å²) < 4.78 is 0. The Morgan fingerprint density at radius 1 is 1.24 bits per heavy atom. The number of hydrogen-bond donors (Lipinski definition) is 1. The number of aromatic nitrogens is 1. The Balaban J connectivity index is 1.48. The van der Waals surface area contributed by atoms with Crippen molar-refractivity contribution >= 4 is 17.3 Å². The number of carbonyl (C=O) groups is 1. The van der Waals surface area contributed by atoms with Crippen molar-refractivity contribution in [2.45, 2.75) is 12.8 Å². The number of piperidine rings is 1. The third-order valence-corrected chi connectivity index (χ3v) is 4.80. The Labute approximate surface area is 149 Å². The fourth-order valence-corrected chi connectivity index (χ4v) is 3.20. The SMILES string of the molecule is CN(C)c1cccc(C(=O)NCC2CCN(c3cccnc3)CC2)c1. The second kappa shape index (κ2) is 8.01. The highest BCUT2D eigenvalue weighted by Gasteiger charge is 2.20. The molecule has 0 saturated carbocycles. The lowest BCUT2D eigenvalue weighted by Gasteiger charge is -2.33. The lowest BCUT2D eigenvalue weighted by Crippen LogP contribution is -2.38. The molecule has 1 fully saturated rings. The van der Waals surface area contributed by atoms with Crippen LogP contribution < -0.4 is 15.1 Å². The maximum atomic E-state index is 12.4. The van der Waals surface area contributed by atoms with Gasteiger partial charge in [-0.05, 0) is 49.1 Å². The smallest absolute Gasteiger partial charge is 0.251 e. The average Bonchev–Trinajstić information content (AvgIpc) is 2.67. The number of anilines is 2. The van der Waals surface area contributed by atoms with E-state index in [4.69, 9.17) is 0 Å². The quantitative estimate of drug-likeness (QED) is 0.911. The van der Waals surface area contributed by atoms with Gasteiger partial charge in [0, 0.05) is 51.2 Å². The first-order valence-electron chi connectivity index (χ1n) is 8.84. The van der Waals surface area contributed by atoms with Crippen LogP contribution in [-0.2, 0) is 0 Å². The molecular weight excluding hydrogens is 312 g/mol. The molecule has 3 rings (SSSR count). The molecule has 1 aliphatic rings. The van der Waals surface area contributed by atoms with Gasteiger partial charge in [-0.15, -0.1) is 0 Å². The van der Waals surface area contributed by atoms with E-state index < -0.39 is 0 Å². The summed E-state index contributed by atoms with van der Waals surface area (Å²) in [6, 6.07) is 11.8. The summed E-state index contributed by atoms with van der Waals surface area (Å²) in [6.07, 6.45) is 5.90. The first-order chi connectivity index (χ1) is 12.1. The molecule has 0 unspecified atom stereocenters. The zero-order valence-electron chi connectivity index (χ0n) is 15.0. The second-order valence-electron chi connectivity index (χ2n) is 6.80. The normalized spacial score (nSPS) is 15.0. The average molecular weight is 338 g/mol. The first kappa shape index (κ1) is 17.3. The van der Waals surface area contributed by atoms with Crippen LogP contribution in [0, 0.1) is 5.92 Å². The van der Waals surface area contributed by atoms with E-state index in [9.17, 15) is 4.79 Å². The third-order valence-electron chi connectivity index (χ3n) is 4.80. The van der Waals surface area contributed by atoms with Gasteiger partial charge in [0.25, 0.3) is 5.91 Å². The fraction of sp³-hybridized carbons (Fsp3) is 0.400. The summed E-state index contributed by atoms with van der Waals surface area (Å²) in [4.78, 5) is 21.0. The fourth-order valence-electron chi connectivity index (χ4n) is 3.20. The molecule has 0 aliphatic carbocycles. The highest BCUT2D eigenvalue weighted by Crippen LogP contribution is 2.22. The molecule has 0 atom stereocenters. The number of carbonyl (C=O) groups excluding carboxylic acids is 1. The Bertz CT molecular complexity index is 694. The Hall–Kier alpha value is -2.56. The molecule has 1 aliphatic heterocycles. The Morgan fingerprint density at radius 3 is 2.72 bits per heavy atom. The molecule has 2 heterocycles. The summed E-state index contributed by atoms with van der Waals surface area (Å²) in [6.45, 7) is 2.77. The van der Waals surface area contributed by atoms with Gasteiger partial charge < -0.3 is 15.1 Å². The highest BCUT2D eigenvalue weighted by molar-refractivity contribution is 5.95. The van der Waals surface area contributed by atoms with Gasteiger partial charge in [-0.2, -0.15) is 0 Å². The molecule has 132 valence electrons. The molecule has 1 amide bonds. The molecule has 1 saturated heterocycles. The van der Waals surface area contributed by atoms with Crippen molar-refractivity contribution in [2.24, 2.45) is 5.92 Å². The first-order valence-corrected chi connectivity index (χ1v) is 8.84. The summed E-state index contributed by atoms with van der Waals surface area (Å²) >= 11 is 0. The van der Waals surface area contributed by atoms with E-state index >= 15 is 0 Å². The summed E-state index contributed by atoms with van der Waals surface area (Å²) in [7, 11) is 3.96. The van der Waals surface area contributed by atoms with Crippen molar-refractivity contribution in [2.75, 3.05) is 43.5 Å². The van der Waals surface area contributed by atoms with E-state index in [-0.39, 0.29) is 5.91 Å². The molecular formula is C20H26N4O. The van der Waals surface area contributed by atoms with Gasteiger partial charge in [0.15, 0.2) is 0 Å². The lowest BCUT2D eigenvalue weighted by atomic mass is 9.96.